The number of anilines is 1. The summed E-state index contributed by atoms with van der Waals surface area (Å²) in [6, 6.07) is 21.2. The Bertz CT molecular complexity index is 1030. The first kappa shape index (κ1) is 19.8. The number of benzene rings is 3. The zero-order valence-electron chi connectivity index (χ0n) is 16.1. The predicted molar refractivity (Wildman–Crippen MR) is 111 cm³/mol. The number of rotatable bonds is 7. The number of hydrogen-bond acceptors (Lipinski definition) is 4. The van der Waals surface area contributed by atoms with Crippen molar-refractivity contribution in [2.75, 3.05) is 18.5 Å². The molecule has 0 spiro atoms. The van der Waals surface area contributed by atoms with Crippen LogP contribution in [0.3, 0.4) is 0 Å². The number of aryl methyl sites for hydroxylation is 1. The second-order valence-electron chi connectivity index (χ2n) is 6.37. The van der Waals surface area contributed by atoms with Crippen LogP contribution in [0.2, 0.25) is 0 Å². The number of nitrogens with zero attached hydrogens (tertiary/aromatic N) is 1. The highest BCUT2D eigenvalue weighted by Crippen LogP contribution is 2.28. The minimum Gasteiger partial charge on any atom is -0.497 e. The van der Waals surface area contributed by atoms with Crippen LogP contribution >= 0.6 is 0 Å². The van der Waals surface area contributed by atoms with Crippen LogP contribution in [0.5, 0.6) is 11.5 Å². The highest BCUT2D eigenvalue weighted by atomic mass is 32.2. The van der Waals surface area contributed by atoms with Crippen molar-refractivity contribution in [1.29, 1.82) is 0 Å². The van der Waals surface area contributed by atoms with Crippen LogP contribution in [0.1, 0.15) is 11.1 Å². The molecule has 0 fully saturated rings. The highest BCUT2D eigenvalue weighted by molar-refractivity contribution is 7.92. The van der Waals surface area contributed by atoms with E-state index in [1.807, 2.05) is 55.5 Å². The van der Waals surface area contributed by atoms with Crippen molar-refractivity contribution >= 4 is 15.7 Å². The first-order chi connectivity index (χ1) is 13.4. The summed E-state index contributed by atoms with van der Waals surface area (Å²) in [5.41, 5.74) is 2.49. The molecule has 0 heterocycles. The van der Waals surface area contributed by atoms with Crippen LogP contribution < -0.4 is 13.8 Å². The first-order valence-corrected chi connectivity index (χ1v) is 10.2. The Labute approximate surface area is 166 Å². The maximum absolute atomic E-state index is 13.4. The fraction of sp³-hybridized carbons (Fsp3) is 0.182. The van der Waals surface area contributed by atoms with E-state index >= 15 is 0 Å². The number of sulfonamides is 1. The average Bonchev–Trinajstić information content (AvgIpc) is 2.73. The minimum atomic E-state index is -3.77. The molecular weight excluding hydrogens is 374 g/mol. The smallest absolute Gasteiger partial charge is 0.264 e. The Kier molecular flexibility index (Phi) is 5.90. The third-order valence-electron chi connectivity index (χ3n) is 4.43. The van der Waals surface area contributed by atoms with E-state index in [-0.39, 0.29) is 11.4 Å². The number of ether oxygens (including phenoxy) is 2. The summed E-state index contributed by atoms with van der Waals surface area (Å²) in [5, 5.41) is 0. The summed E-state index contributed by atoms with van der Waals surface area (Å²) < 4.78 is 38.7. The monoisotopic (exact) mass is 397 g/mol. The van der Waals surface area contributed by atoms with E-state index in [0.29, 0.717) is 17.2 Å². The van der Waals surface area contributed by atoms with Gasteiger partial charge in [0, 0.05) is 0 Å². The van der Waals surface area contributed by atoms with Crippen LogP contribution in [-0.2, 0) is 16.6 Å². The molecule has 0 aromatic heterocycles. The Morgan fingerprint density at radius 2 is 1.46 bits per heavy atom. The van der Waals surface area contributed by atoms with E-state index in [1.54, 1.807) is 38.5 Å². The van der Waals surface area contributed by atoms with Crippen LogP contribution in [0, 0.1) is 6.92 Å². The van der Waals surface area contributed by atoms with Crippen molar-refractivity contribution in [3.8, 4) is 11.5 Å². The fourth-order valence-corrected chi connectivity index (χ4v) is 4.29. The van der Waals surface area contributed by atoms with Crippen molar-refractivity contribution < 1.29 is 17.9 Å². The molecule has 0 N–H and O–H groups in total. The molecule has 0 amide bonds. The molecule has 0 saturated heterocycles. The molecule has 0 aliphatic rings. The molecule has 0 saturated carbocycles. The molecule has 0 unspecified atom stereocenters. The van der Waals surface area contributed by atoms with Gasteiger partial charge in [-0.1, -0.05) is 29.8 Å². The average molecular weight is 397 g/mol. The fourth-order valence-electron chi connectivity index (χ4n) is 2.84. The summed E-state index contributed by atoms with van der Waals surface area (Å²) in [4.78, 5) is 0.205. The Morgan fingerprint density at radius 1 is 0.821 bits per heavy atom. The van der Waals surface area contributed by atoms with E-state index < -0.39 is 10.0 Å². The van der Waals surface area contributed by atoms with Crippen molar-refractivity contribution in [1.82, 2.24) is 0 Å². The molecular formula is C22H23NO4S. The lowest BCUT2D eigenvalue weighted by Crippen LogP contribution is -2.30. The maximum Gasteiger partial charge on any atom is 0.264 e. The highest BCUT2D eigenvalue weighted by Gasteiger charge is 2.25. The molecule has 0 bridgehead atoms. The Hall–Kier alpha value is -2.99. The summed E-state index contributed by atoms with van der Waals surface area (Å²) >= 11 is 0. The first-order valence-electron chi connectivity index (χ1n) is 8.80. The molecule has 0 aliphatic carbocycles. The zero-order chi connectivity index (χ0) is 20.1. The van der Waals surface area contributed by atoms with Gasteiger partial charge < -0.3 is 9.47 Å². The van der Waals surface area contributed by atoms with Gasteiger partial charge in [-0.15, -0.1) is 0 Å². The molecule has 146 valence electrons. The standard InChI is InChI=1S/C22H23NO4S/c1-17-7-9-19(10-8-17)23(16-18-5-4-6-21(15-18)27-3)28(24,25)22-13-11-20(26-2)12-14-22/h4-15H,16H2,1-3H3. The largest absolute Gasteiger partial charge is 0.497 e. The lowest BCUT2D eigenvalue weighted by molar-refractivity contribution is 0.414. The van der Waals surface area contributed by atoms with Crippen molar-refractivity contribution in [3.05, 3.63) is 83.9 Å². The van der Waals surface area contributed by atoms with Crippen LogP contribution in [0.15, 0.2) is 77.7 Å². The predicted octanol–water partition coefficient (Wildman–Crippen LogP) is 4.41. The normalized spacial score (nSPS) is 11.1. The molecule has 3 aromatic rings. The van der Waals surface area contributed by atoms with Gasteiger partial charge in [0.1, 0.15) is 11.5 Å². The van der Waals surface area contributed by atoms with E-state index in [0.717, 1.165) is 11.1 Å². The van der Waals surface area contributed by atoms with E-state index in [2.05, 4.69) is 0 Å². The topological polar surface area (TPSA) is 55.8 Å². The van der Waals surface area contributed by atoms with Gasteiger partial charge in [0.25, 0.3) is 10.0 Å². The van der Waals surface area contributed by atoms with Crippen LogP contribution in [0.4, 0.5) is 5.69 Å². The summed E-state index contributed by atoms with van der Waals surface area (Å²) in [7, 11) is -0.638. The molecule has 28 heavy (non-hydrogen) atoms. The molecule has 3 aromatic carbocycles. The van der Waals surface area contributed by atoms with Crippen molar-refractivity contribution in [2.24, 2.45) is 0 Å². The second kappa shape index (κ2) is 8.35. The van der Waals surface area contributed by atoms with Crippen molar-refractivity contribution in [3.63, 3.8) is 0 Å². The maximum atomic E-state index is 13.4. The molecule has 0 aliphatic heterocycles. The van der Waals surface area contributed by atoms with E-state index in [4.69, 9.17) is 9.47 Å². The lowest BCUT2D eigenvalue weighted by atomic mass is 10.2. The second-order valence-corrected chi connectivity index (χ2v) is 8.24. The molecule has 6 heteroatoms. The molecule has 3 rings (SSSR count). The van der Waals surface area contributed by atoms with Gasteiger partial charge in [0.05, 0.1) is 31.3 Å². The number of hydrogen-bond donors (Lipinski definition) is 0. The quantitative estimate of drug-likeness (QED) is 0.593. The summed E-state index contributed by atoms with van der Waals surface area (Å²) in [6.07, 6.45) is 0. The van der Waals surface area contributed by atoms with Gasteiger partial charge in [-0.2, -0.15) is 0 Å². The van der Waals surface area contributed by atoms with Gasteiger partial charge >= 0.3 is 0 Å². The van der Waals surface area contributed by atoms with E-state index in [9.17, 15) is 8.42 Å². The van der Waals surface area contributed by atoms with Gasteiger partial charge in [-0.25, -0.2) is 8.42 Å². The number of methoxy groups -OCH3 is 2. The van der Waals surface area contributed by atoms with Crippen molar-refractivity contribution in [2.45, 2.75) is 18.4 Å². The zero-order valence-corrected chi connectivity index (χ0v) is 16.9. The third-order valence-corrected chi connectivity index (χ3v) is 6.22. The van der Waals surface area contributed by atoms with Gasteiger partial charge in [0.15, 0.2) is 0 Å². The van der Waals surface area contributed by atoms with Gasteiger partial charge in [-0.3, -0.25) is 4.31 Å². The molecule has 0 atom stereocenters. The molecule has 0 radical (unpaired) electrons. The van der Waals surface area contributed by atoms with Crippen LogP contribution in [0.25, 0.3) is 0 Å². The van der Waals surface area contributed by atoms with Crippen LogP contribution in [-0.4, -0.2) is 22.6 Å². The van der Waals surface area contributed by atoms with Gasteiger partial charge in [-0.05, 0) is 61.0 Å². The minimum absolute atomic E-state index is 0.189. The SMILES string of the molecule is COc1ccc(S(=O)(=O)N(Cc2cccc(OC)c2)c2ccc(C)cc2)cc1. The summed E-state index contributed by atoms with van der Waals surface area (Å²) in [6.45, 7) is 2.16. The van der Waals surface area contributed by atoms with E-state index in [1.165, 1.54) is 4.31 Å². The third kappa shape index (κ3) is 4.28. The lowest BCUT2D eigenvalue weighted by Gasteiger charge is -2.25. The Morgan fingerprint density at radius 3 is 2.07 bits per heavy atom. The molecule has 5 nitrogen and oxygen atoms in total. The Balaban J connectivity index is 2.04. The van der Waals surface area contributed by atoms with Gasteiger partial charge in [0.2, 0.25) is 0 Å². The summed E-state index contributed by atoms with van der Waals surface area (Å²) in [5.74, 6) is 1.29.